The Balaban J connectivity index is 1.62. The number of hydrogen-bond donors (Lipinski definition) is 1. The number of rotatable bonds is 2. The van der Waals surface area contributed by atoms with Gasteiger partial charge in [0.1, 0.15) is 0 Å². The largest absolute Gasteiger partial charge is 0.316 e. The smallest absolute Gasteiger partial charge is 0.0771 e. The Morgan fingerprint density at radius 3 is 2.80 bits per heavy atom. The third kappa shape index (κ3) is 1.87. The van der Waals surface area contributed by atoms with E-state index < -0.39 is 0 Å². The highest BCUT2D eigenvalue weighted by molar-refractivity contribution is 5.01. The number of fused-ring (bicyclic) bond motifs is 1. The van der Waals surface area contributed by atoms with E-state index in [2.05, 4.69) is 26.5 Å². The van der Waals surface area contributed by atoms with Crippen LogP contribution in [0.15, 0.2) is 18.3 Å². The van der Waals surface area contributed by atoms with Gasteiger partial charge in [0, 0.05) is 25.8 Å². The Labute approximate surface area is 89.7 Å². The molecule has 3 rings (SSSR count). The molecule has 15 heavy (non-hydrogen) atoms. The molecule has 0 aliphatic carbocycles. The summed E-state index contributed by atoms with van der Waals surface area (Å²) in [5.41, 5.74) is 1.09. The Morgan fingerprint density at radius 1 is 1.33 bits per heavy atom. The van der Waals surface area contributed by atoms with Gasteiger partial charge < -0.3 is 5.32 Å². The Bertz CT molecular complexity index is 315. The first-order valence-electron chi connectivity index (χ1n) is 5.61. The van der Waals surface area contributed by atoms with Gasteiger partial charge in [-0.05, 0) is 37.1 Å². The maximum Gasteiger partial charge on any atom is 0.0771 e. The Hall–Kier alpha value is -1.00. The molecule has 0 aromatic carbocycles. The van der Waals surface area contributed by atoms with Crippen LogP contribution < -0.4 is 5.32 Å². The van der Waals surface area contributed by atoms with E-state index in [0.717, 1.165) is 24.1 Å². The summed E-state index contributed by atoms with van der Waals surface area (Å²) in [6.07, 6.45) is 1.73. The van der Waals surface area contributed by atoms with Gasteiger partial charge in [0.15, 0.2) is 0 Å². The van der Waals surface area contributed by atoms with Crippen molar-refractivity contribution in [3.8, 4) is 0 Å². The number of hydrogen-bond acceptors (Lipinski definition) is 4. The average Bonchev–Trinajstić information content (AvgIpc) is 2.79. The van der Waals surface area contributed by atoms with Gasteiger partial charge in [-0.3, -0.25) is 4.90 Å². The number of nitrogens with one attached hydrogen (secondary N) is 1. The van der Waals surface area contributed by atoms with E-state index in [-0.39, 0.29) is 0 Å². The van der Waals surface area contributed by atoms with Crippen molar-refractivity contribution in [1.82, 2.24) is 20.4 Å². The minimum absolute atomic E-state index is 0.863. The molecule has 0 bridgehead atoms. The van der Waals surface area contributed by atoms with Gasteiger partial charge in [-0.1, -0.05) is 0 Å². The predicted molar refractivity (Wildman–Crippen MR) is 57.2 cm³/mol. The predicted octanol–water partition coefficient (Wildman–Crippen LogP) is 0.128. The first-order valence-corrected chi connectivity index (χ1v) is 5.61. The fraction of sp³-hybridized carbons (Fsp3) is 0.636. The summed E-state index contributed by atoms with van der Waals surface area (Å²) in [6.45, 7) is 5.78. The molecule has 4 heteroatoms. The van der Waals surface area contributed by atoms with Crippen LogP contribution in [0.5, 0.6) is 0 Å². The van der Waals surface area contributed by atoms with Crippen molar-refractivity contribution >= 4 is 0 Å². The second-order valence-corrected chi connectivity index (χ2v) is 4.59. The van der Waals surface area contributed by atoms with Crippen molar-refractivity contribution in [2.75, 3.05) is 26.2 Å². The normalized spacial score (nSPS) is 30.7. The molecular weight excluding hydrogens is 188 g/mol. The van der Waals surface area contributed by atoms with Crippen LogP contribution in [0, 0.1) is 11.8 Å². The molecule has 0 spiro atoms. The molecule has 3 heterocycles. The molecule has 0 saturated carbocycles. The highest BCUT2D eigenvalue weighted by Crippen LogP contribution is 2.26. The maximum atomic E-state index is 4.13. The second-order valence-electron chi connectivity index (χ2n) is 4.59. The second kappa shape index (κ2) is 3.87. The lowest BCUT2D eigenvalue weighted by molar-refractivity contribution is 0.301. The fourth-order valence-electron chi connectivity index (χ4n) is 2.73. The topological polar surface area (TPSA) is 41.1 Å². The van der Waals surface area contributed by atoms with Gasteiger partial charge in [-0.2, -0.15) is 10.2 Å². The molecule has 0 radical (unpaired) electrons. The van der Waals surface area contributed by atoms with Crippen molar-refractivity contribution in [3.63, 3.8) is 0 Å². The van der Waals surface area contributed by atoms with E-state index >= 15 is 0 Å². The van der Waals surface area contributed by atoms with Crippen molar-refractivity contribution in [1.29, 1.82) is 0 Å². The lowest BCUT2D eigenvalue weighted by Crippen LogP contribution is -2.25. The standard InChI is InChI=1S/C11H16N4/c1-2-11(14-13-3-1)8-15-6-9-4-12-5-10(9)7-15/h1-3,9-10,12H,4-8H2. The minimum atomic E-state index is 0.863. The summed E-state index contributed by atoms with van der Waals surface area (Å²) in [7, 11) is 0. The van der Waals surface area contributed by atoms with E-state index in [1.54, 1.807) is 6.20 Å². The van der Waals surface area contributed by atoms with Crippen molar-refractivity contribution in [3.05, 3.63) is 24.0 Å². The van der Waals surface area contributed by atoms with E-state index in [0.29, 0.717) is 0 Å². The molecule has 2 saturated heterocycles. The van der Waals surface area contributed by atoms with Gasteiger partial charge in [-0.15, -0.1) is 0 Å². The zero-order chi connectivity index (χ0) is 10.1. The number of likely N-dealkylation sites (tertiary alicyclic amines) is 1. The van der Waals surface area contributed by atoms with E-state index in [9.17, 15) is 0 Å². The van der Waals surface area contributed by atoms with Crippen LogP contribution in [-0.2, 0) is 6.54 Å². The SMILES string of the molecule is c1cnnc(CN2CC3CNCC3C2)c1. The van der Waals surface area contributed by atoms with Crippen LogP contribution in [0.1, 0.15) is 5.69 Å². The zero-order valence-corrected chi connectivity index (χ0v) is 8.76. The van der Waals surface area contributed by atoms with Gasteiger partial charge in [0.05, 0.1) is 5.69 Å². The van der Waals surface area contributed by atoms with Crippen LogP contribution in [0.25, 0.3) is 0 Å². The molecule has 2 aliphatic heterocycles. The lowest BCUT2D eigenvalue weighted by Gasteiger charge is -2.15. The van der Waals surface area contributed by atoms with Crippen LogP contribution >= 0.6 is 0 Å². The monoisotopic (exact) mass is 204 g/mol. The summed E-state index contributed by atoms with van der Waals surface area (Å²) in [6, 6.07) is 4.01. The van der Waals surface area contributed by atoms with Crippen LogP contribution in [0.3, 0.4) is 0 Å². The van der Waals surface area contributed by atoms with E-state index in [1.807, 2.05) is 6.07 Å². The lowest BCUT2D eigenvalue weighted by atomic mass is 10.0. The Kier molecular flexibility index (Phi) is 2.38. The summed E-state index contributed by atoms with van der Waals surface area (Å²) in [4.78, 5) is 2.50. The molecule has 1 aromatic rings. The average molecular weight is 204 g/mol. The highest BCUT2D eigenvalue weighted by Gasteiger charge is 2.35. The fourth-order valence-corrected chi connectivity index (χ4v) is 2.73. The number of nitrogens with zero attached hydrogens (tertiary/aromatic N) is 3. The van der Waals surface area contributed by atoms with E-state index in [4.69, 9.17) is 0 Å². The quantitative estimate of drug-likeness (QED) is 0.743. The van der Waals surface area contributed by atoms with Gasteiger partial charge in [-0.25, -0.2) is 0 Å². The highest BCUT2D eigenvalue weighted by atomic mass is 15.2. The van der Waals surface area contributed by atoms with Crippen molar-refractivity contribution < 1.29 is 0 Å². The Morgan fingerprint density at radius 2 is 2.13 bits per heavy atom. The molecule has 0 amide bonds. The maximum absolute atomic E-state index is 4.13. The molecular formula is C11H16N4. The van der Waals surface area contributed by atoms with Gasteiger partial charge in [0.25, 0.3) is 0 Å². The number of aromatic nitrogens is 2. The molecule has 80 valence electrons. The van der Waals surface area contributed by atoms with E-state index in [1.165, 1.54) is 26.2 Å². The third-order valence-corrected chi connectivity index (χ3v) is 3.48. The minimum Gasteiger partial charge on any atom is -0.316 e. The van der Waals surface area contributed by atoms with Gasteiger partial charge in [0.2, 0.25) is 0 Å². The van der Waals surface area contributed by atoms with Crippen LogP contribution in [-0.4, -0.2) is 41.3 Å². The van der Waals surface area contributed by atoms with Crippen molar-refractivity contribution in [2.45, 2.75) is 6.54 Å². The van der Waals surface area contributed by atoms with Crippen LogP contribution in [0.2, 0.25) is 0 Å². The van der Waals surface area contributed by atoms with Crippen molar-refractivity contribution in [2.24, 2.45) is 11.8 Å². The molecule has 2 unspecified atom stereocenters. The summed E-state index contributed by atoms with van der Waals surface area (Å²) in [5.74, 6) is 1.73. The molecule has 2 atom stereocenters. The molecule has 1 N–H and O–H groups in total. The molecule has 2 aliphatic rings. The third-order valence-electron chi connectivity index (χ3n) is 3.48. The first kappa shape index (κ1) is 9.24. The van der Waals surface area contributed by atoms with Crippen LogP contribution in [0.4, 0.5) is 0 Å². The first-order chi connectivity index (χ1) is 7.42. The summed E-state index contributed by atoms with van der Waals surface area (Å²) < 4.78 is 0. The summed E-state index contributed by atoms with van der Waals surface area (Å²) >= 11 is 0. The van der Waals surface area contributed by atoms with Gasteiger partial charge >= 0.3 is 0 Å². The summed E-state index contributed by atoms with van der Waals surface area (Å²) in [5, 5.41) is 11.5. The zero-order valence-electron chi connectivity index (χ0n) is 8.76. The molecule has 2 fully saturated rings. The molecule has 4 nitrogen and oxygen atoms in total. The molecule has 1 aromatic heterocycles.